The summed E-state index contributed by atoms with van der Waals surface area (Å²) >= 11 is 0. The first-order chi connectivity index (χ1) is 9.28. The molecule has 3 nitrogen and oxygen atoms in total. The first-order valence-electron chi connectivity index (χ1n) is 6.77. The molecule has 0 spiro atoms. The van der Waals surface area contributed by atoms with Gasteiger partial charge in [0.25, 0.3) is 0 Å². The van der Waals surface area contributed by atoms with Crippen LogP contribution in [0.25, 0.3) is 0 Å². The van der Waals surface area contributed by atoms with Gasteiger partial charge in [0.2, 0.25) is 0 Å². The van der Waals surface area contributed by atoms with E-state index in [0.29, 0.717) is 5.92 Å². The van der Waals surface area contributed by atoms with E-state index in [2.05, 4.69) is 58.5 Å². The number of aromatic nitrogens is 1. The van der Waals surface area contributed by atoms with Gasteiger partial charge in [-0.3, -0.25) is 0 Å². The number of nitrogens with zero attached hydrogens (tertiary/aromatic N) is 2. The van der Waals surface area contributed by atoms with Crippen LogP contribution < -0.4 is 10.2 Å². The molecule has 98 valence electrons. The zero-order valence-electron chi connectivity index (χ0n) is 11.4. The number of fused-ring (bicyclic) bond motifs is 1. The molecule has 0 aliphatic carbocycles. The summed E-state index contributed by atoms with van der Waals surface area (Å²) < 4.78 is 0. The first-order valence-corrected chi connectivity index (χ1v) is 6.77. The highest BCUT2D eigenvalue weighted by molar-refractivity contribution is 5.69. The van der Waals surface area contributed by atoms with Gasteiger partial charge < -0.3 is 10.2 Å². The second-order valence-electron chi connectivity index (χ2n) is 5.20. The van der Waals surface area contributed by atoms with Crippen molar-refractivity contribution in [3.05, 3.63) is 48.2 Å². The molecule has 0 bridgehead atoms. The summed E-state index contributed by atoms with van der Waals surface area (Å²) in [5.74, 6) is 1.58. The molecule has 1 atom stereocenters. The summed E-state index contributed by atoms with van der Waals surface area (Å²) in [6.07, 6.45) is 3.03. The number of nitrogens with one attached hydrogen (secondary N) is 1. The Morgan fingerprint density at radius 2 is 2.11 bits per heavy atom. The normalized spacial score (nSPS) is 18.0. The number of para-hydroxylation sites is 1. The maximum Gasteiger partial charge on any atom is 0.127 e. The molecule has 0 saturated heterocycles. The Morgan fingerprint density at radius 1 is 1.26 bits per heavy atom. The maximum absolute atomic E-state index is 4.29. The van der Waals surface area contributed by atoms with Crippen molar-refractivity contribution in [1.29, 1.82) is 0 Å². The average molecular weight is 253 g/mol. The van der Waals surface area contributed by atoms with E-state index in [4.69, 9.17) is 0 Å². The van der Waals surface area contributed by atoms with Crippen molar-refractivity contribution in [3.63, 3.8) is 0 Å². The highest BCUT2D eigenvalue weighted by Crippen LogP contribution is 2.35. The molecule has 19 heavy (non-hydrogen) atoms. The highest BCUT2D eigenvalue weighted by atomic mass is 15.2. The predicted molar refractivity (Wildman–Crippen MR) is 80.1 cm³/mol. The van der Waals surface area contributed by atoms with E-state index < -0.39 is 0 Å². The lowest BCUT2D eigenvalue weighted by molar-refractivity contribution is 0.562. The Hall–Kier alpha value is -2.03. The molecule has 2 aromatic rings. The summed E-state index contributed by atoms with van der Waals surface area (Å²) in [5.41, 5.74) is 3.97. The first kappa shape index (κ1) is 12.0. The summed E-state index contributed by atoms with van der Waals surface area (Å²) in [6, 6.07) is 12.9. The van der Waals surface area contributed by atoms with Gasteiger partial charge in [-0.25, -0.2) is 4.98 Å². The SMILES string of the molecule is CNc1cc(N2CC(C)Cc3ccccc32)ccn1. The van der Waals surface area contributed by atoms with Crippen LogP contribution in [0.4, 0.5) is 17.2 Å². The topological polar surface area (TPSA) is 28.2 Å². The van der Waals surface area contributed by atoms with E-state index in [0.717, 1.165) is 18.8 Å². The van der Waals surface area contributed by atoms with Crippen LogP contribution in [0.1, 0.15) is 12.5 Å². The Balaban J connectivity index is 2.04. The molecular weight excluding hydrogens is 234 g/mol. The molecule has 3 heteroatoms. The Kier molecular flexibility index (Phi) is 3.11. The minimum atomic E-state index is 0.668. The number of hydrogen-bond donors (Lipinski definition) is 1. The summed E-state index contributed by atoms with van der Waals surface area (Å²) in [4.78, 5) is 6.68. The van der Waals surface area contributed by atoms with Gasteiger partial charge in [-0.1, -0.05) is 25.1 Å². The number of hydrogen-bond acceptors (Lipinski definition) is 3. The molecular formula is C16H19N3. The zero-order valence-corrected chi connectivity index (χ0v) is 11.4. The smallest absolute Gasteiger partial charge is 0.127 e. The average Bonchev–Trinajstić information content (AvgIpc) is 2.46. The van der Waals surface area contributed by atoms with Gasteiger partial charge >= 0.3 is 0 Å². The van der Waals surface area contributed by atoms with Gasteiger partial charge in [0.1, 0.15) is 5.82 Å². The van der Waals surface area contributed by atoms with Crippen molar-refractivity contribution < 1.29 is 0 Å². The van der Waals surface area contributed by atoms with Gasteiger partial charge in [-0.15, -0.1) is 0 Å². The molecule has 1 aromatic carbocycles. The van der Waals surface area contributed by atoms with Crippen molar-refractivity contribution in [3.8, 4) is 0 Å². The third kappa shape index (κ3) is 2.28. The lowest BCUT2D eigenvalue weighted by atomic mass is 9.93. The lowest BCUT2D eigenvalue weighted by Gasteiger charge is -2.35. The number of anilines is 3. The van der Waals surface area contributed by atoms with Crippen LogP contribution >= 0.6 is 0 Å². The zero-order chi connectivity index (χ0) is 13.2. The number of pyridine rings is 1. The van der Waals surface area contributed by atoms with Crippen LogP contribution in [0, 0.1) is 5.92 Å². The van der Waals surface area contributed by atoms with Crippen LogP contribution in [0.2, 0.25) is 0 Å². The van der Waals surface area contributed by atoms with E-state index in [9.17, 15) is 0 Å². The van der Waals surface area contributed by atoms with Crippen molar-refractivity contribution in [2.75, 3.05) is 23.8 Å². The fourth-order valence-corrected chi connectivity index (χ4v) is 2.77. The summed E-state index contributed by atoms with van der Waals surface area (Å²) in [5, 5.41) is 3.10. The summed E-state index contributed by atoms with van der Waals surface area (Å²) in [7, 11) is 1.90. The molecule has 1 aliphatic heterocycles. The van der Waals surface area contributed by atoms with Crippen LogP contribution in [0.3, 0.4) is 0 Å². The van der Waals surface area contributed by atoms with Crippen molar-refractivity contribution in [2.45, 2.75) is 13.3 Å². The molecule has 3 rings (SSSR count). The summed E-state index contributed by atoms with van der Waals surface area (Å²) in [6.45, 7) is 3.37. The molecule has 1 N–H and O–H groups in total. The fourth-order valence-electron chi connectivity index (χ4n) is 2.77. The predicted octanol–water partition coefficient (Wildman–Crippen LogP) is 3.45. The monoisotopic (exact) mass is 253 g/mol. The van der Waals surface area contributed by atoms with Crippen LogP contribution in [0.5, 0.6) is 0 Å². The second kappa shape index (κ2) is 4.92. The lowest BCUT2D eigenvalue weighted by Crippen LogP contribution is -2.30. The van der Waals surface area contributed by atoms with Gasteiger partial charge in [0.05, 0.1) is 0 Å². The molecule has 1 aliphatic rings. The van der Waals surface area contributed by atoms with Crippen LogP contribution in [-0.2, 0) is 6.42 Å². The van der Waals surface area contributed by atoms with Crippen LogP contribution in [0.15, 0.2) is 42.6 Å². The van der Waals surface area contributed by atoms with Gasteiger partial charge in [0.15, 0.2) is 0 Å². The molecule has 1 aromatic heterocycles. The van der Waals surface area contributed by atoms with E-state index in [1.807, 2.05) is 13.2 Å². The molecule has 2 heterocycles. The fraction of sp³-hybridized carbons (Fsp3) is 0.312. The van der Waals surface area contributed by atoms with Crippen molar-refractivity contribution in [2.24, 2.45) is 5.92 Å². The maximum atomic E-state index is 4.29. The minimum Gasteiger partial charge on any atom is -0.373 e. The standard InChI is InChI=1S/C16H19N3/c1-12-9-13-5-3-4-6-15(13)19(11-12)14-7-8-18-16(10-14)17-2/h3-8,10,12H,9,11H2,1-2H3,(H,17,18). The molecule has 1 unspecified atom stereocenters. The van der Waals surface area contributed by atoms with E-state index in [1.165, 1.54) is 16.9 Å². The Morgan fingerprint density at radius 3 is 2.95 bits per heavy atom. The third-order valence-electron chi connectivity index (χ3n) is 3.66. The number of rotatable bonds is 2. The van der Waals surface area contributed by atoms with Gasteiger partial charge in [-0.05, 0) is 30.0 Å². The van der Waals surface area contributed by atoms with Gasteiger partial charge in [0, 0.05) is 37.2 Å². The van der Waals surface area contributed by atoms with Crippen LogP contribution in [-0.4, -0.2) is 18.6 Å². The molecule has 0 radical (unpaired) electrons. The van der Waals surface area contributed by atoms with E-state index in [-0.39, 0.29) is 0 Å². The van der Waals surface area contributed by atoms with Crippen molar-refractivity contribution in [1.82, 2.24) is 4.98 Å². The van der Waals surface area contributed by atoms with E-state index in [1.54, 1.807) is 0 Å². The molecule has 0 fully saturated rings. The third-order valence-corrected chi connectivity index (χ3v) is 3.66. The largest absolute Gasteiger partial charge is 0.373 e. The second-order valence-corrected chi connectivity index (χ2v) is 5.20. The Bertz CT molecular complexity index is 580. The Labute approximate surface area is 114 Å². The minimum absolute atomic E-state index is 0.668. The number of benzene rings is 1. The molecule has 0 saturated carbocycles. The van der Waals surface area contributed by atoms with Gasteiger partial charge in [-0.2, -0.15) is 0 Å². The van der Waals surface area contributed by atoms with Crippen molar-refractivity contribution >= 4 is 17.2 Å². The van der Waals surface area contributed by atoms with E-state index >= 15 is 0 Å². The quantitative estimate of drug-likeness (QED) is 0.888. The molecule has 0 amide bonds. The highest BCUT2D eigenvalue weighted by Gasteiger charge is 2.22.